The predicted molar refractivity (Wildman–Crippen MR) is 62.4 cm³/mol. The maximum atomic E-state index is 5.77. The first-order chi connectivity index (χ1) is 7.85. The highest BCUT2D eigenvalue weighted by atomic mass is 16.5. The number of ether oxygens (including phenoxy) is 1. The van der Waals surface area contributed by atoms with Crippen LogP contribution in [0.5, 0.6) is 5.75 Å². The van der Waals surface area contributed by atoms with Crippen LogP contribution in [-0.2, 0) is 0 Å². The van der Waals surface area contributed by atoms with Crippen LogP contribution < -0.4 is 10.5 Å². The van der Waals surface area contributed by atoms with Gasteiger partial charge in [-0.15, -0.1) is 0 Å². The molecule has 0 aliphatic heterocycles. The van der Waals surface area contributed by atoms with Crippen molar-refractivity contribution in [3.8, 4) is 5.75 Å². The zero-order valence-corrected chi connectivity index (χ0v) is 9.21. The number of nitrogens with zero attached hydrogens (tertiary/aromatic N) is 2. The van der Waals surface area contributed by atoms with Crippen LogP contribution in [0.1, 0.15) is 11.6 Å². The van der Waals surface area contributed by atoms with Crippen molar-refractivity contribution in [2.45, 2.75) is 6.04 Å². The van der Waals surface area contributed by atoms with Gasteiger partial charge in [-0.25, -0.2) is 0 Å². The van der Waals surface area contributed by atoms with Crippen molar-refractivity contribution in [3.05, 3.63) is 48.3 Å². The van der Waals surface area contributed by atoms with Gasteiger partial charge in [-0.05, 0) is 23.8 Å². The Morgan fingerprint density at radius 3 is 2.62 bits per heavy atom. The molecule has 1 aromatic heterocycles. The molecule has 0 spiro atoms. The molecule has 0 amide bonds. The van der Waals surface area contributed by atoms with Gasteiger partial charge in [-0.2, -0.15) is 5.10 Å². The van der Waals surface area contributed by atoms with Crippen molar-refractivity contribution in [1.29, 1.82) is 0 Å². The van der Waals surface area contributed by atoms with Crippen molar-refractivity contribution < 1.29 is 4.74 Å². The molecule has 2 aromatic rings. The summed E-state index contributed by atoms with van der Waals surface area (Å²) < 4.78 is 6.98. The van der Waals surface area contributed by atoms with Crippen molar-refractivity contribution >= 4 is 0 Å². The number of hydrogen-bond donors (Lipinski definition) is 1. The lowest BCUT2D eigenvalue weighted by molar-refractivity contribution is 0.414. The van der Waals surface area contributed by atoms with E-state index in [-0.39, 0.29) is 6.04 Å². The highest BCUT2D eigenvalue weighted by Gasteiger charge is 2.11. The predicted octanol–water partition coefficient (Wildman–Crippen LogP) is 1.44. The van der Waals surface area contributed by atoms with Crippen LogP contribution in [-0.4, -0.2) is 23.4 Å². The minimum Gasteiger partial charge on any atom is -0.497 e. The second kappa shape index (κ2) is 4.81. The highest BCUT2D eigenvalue weighted by Crippen LogP contribution is 2.19. The third kappa shape index (κ3) is 2.06. The van der Waals surface area contributed by atoms with Crippen molar-refractivity contribution in [3.63, 3.8) is 0 Å². The Hall–Kier alpha value is -1.81. The summed E-state index contributed by atoms with van der Waals surface area (Å²) in [4.78, 5) is 0. The Bertz CT molecular complexity index is 422. The average Bonchev–Trinajstić information content (AvgIpc) is 2.85. The van der Waals surface area contributed by atoms with Crippen LogP contribution >= 0.6 is 0 Å². The molecule has 16 heavy (non-hydrogen) atoms. The SMILES string of the molecule is COc1ccc(C(CN)n2cccn2)cc1. The average molecular weight is 217 g/mol. The number of aromatic nitrogens is 2. The van der Waals surface area contributed by atoms with E-state index >= 15 is 0 Å². The first-order valence-corrected chi connectivity index (χ1v) is 5.18. The third-order valence-electron chi connectivity index (χ3n) is 2.57. The van der Waals surface area contributed by atoms with Crippen LogP contribution in [0.2, 0.25) is 0 Å². The fraction of sp³-hybridized carbons (Fsp3) is 0.250. The van der Waals surface area contributed by atoms with E-state index in [9.17, 15) is 0 Å². The van der Waals surface area contributed by atoms with Crippen molar-refractivity contribution in [1.82, 2.24) is 9.78 Å². The van der Waals surface area contributed by atoms with E-state index in [0.29, 0.717) is 6.54 Å². The van der Waals surface area contributed by atoms with E-state index < -0.39 is 0 Å². The molecule has 84 valence electrons. The van der Waals surface area contributed by atoms with Crippen LogP contribution in [0.25, 0.3) is 0 Å². The molecule has 1 heterocycles. The Morgan fingerprint density at radius 1 is 1.38 bits per heavy atom. The zero-order valence-electron chi connectivity index (χ0n) is 9.21. The van der Waals surface area contributed by atoms with E-state index in [4.69, 9.17) is 10.5 Å². The van der Waals surface area contributed by atoms with Gasteiger partial charge in [-0.1, -0.05) is 12.1 Å². The Morgan fingerprint density at radius 2 is 2.12 bits per heavy atom. The Balaban J connectivity index is 2.27. The second-order valence-electron chi connectivity index (χ2n) is 3.51. The normalized spacial score (nSPS) is 12.4. The summed E-state index contributed by atoms with van der Waals surface area (Å²) in [6.45, 7) is 0.522. The lowest BCUT2D eigenvalue weighted by atomic mass is 10.1. The molecule has 2 N–H and O–H groups in total. The molecule has 0 bridgehead atoms. The molecule has 0 radical (unpaired) electrons. The monoisotopic (exact) mass is 217 g/mol. The summed E-state index contributed by atoms with van der Waals surface area (Å²) in [6.07, 6.45) is 3.67. The summed E-state index contributed by atoms with van der Waals surface area (Å²) >= 11 is 0. The molecule has 4 nitrogen and oxygen atoms in total. The Kier molecular flexibility index (Phi) is 3.22. The minimum absolute atomic E-state index is 0.0842. The number of rotatable bonds is 4. The van der Waals surface area contributed by atoms with E-state index in [2.05, 4.69) is 5.10 Å². The summed E-state index contributed by atoms with van der Waals surface area (Å²) in [5, 5.41) is 4.21. The highest BCUT2D eigenvalue weighted by molar-refractivity contribution is 5.29. The molecule has 0 aliphatic rings. The summed E-state index contributed by atoms with van der Waals surface area (Å²) in [5.74, 6) is 0.847. The smallest absolute Gasteiger partial charge is 0.118 e. The second-order valence-corrected chi connectivity index (χ2v) is 3.51. The van der Waals surface area contributed by atoms with Crippen LogP contribution in [0, 0.1) is 0 Å². The molecule has 0 aliphatic carbocycles. The minimum atomic E-state index is 0.0842. The van der Waals surface area contributed by atoms with Crippen LogP contribution in [0.4, 0.5) is 0 Å². The van der Waals surface area contributed by atoms with Crippen molar-refractivity contribution in [2.24, 2.45) is 5.73 Å². The molecule has 0 saturated heterocycles. The molecule has 1 aromatic carbocycles. The molecule has 0 fully saturated rings. The van der Waals surface area contributed by atoms with Gasteiger partial charge in [0.1, 0.15) is 5.75 Å². The maximum Gasteiger partial charge on any atom is 0.118 e. The summed E-state index contributed by atoms with van der Waals surface area (Å²) in [6, 6.07) is 9.87. The number of benzene rings is 1. The summed E-state index contributed by atoms with van der Waals surface area (Å²) in [7, 11) is 1.66. The fourth-order valence-corrected chi connectivity index (χ4v) is 1.69. The number of hydrogen-bond acceptors (Lipinski definition) is 3. The molecular weight excluding hydrogens is 202 g/mol. The van der Waals surface area contributed by atoms with Gasteiger partial charge in [-0.3, -0.25) is 4.68 Å². The first-order valence-electron chi connectivity index (χ1n) is 5.18. The Labute approximate surface area is 94.6 Å². The van der Waals surface area contributed by atoms with E-state index in [0.717, 1.165) is 11.3 Å². The topological polar surface area (TPSA) is 53.1 Å². The van der Waals surface area contributed by atoms with Crippen LogP contribution in [0.15, 0.2) is 42.7 Å². The van der Waals surface area contributed by atoms with Gasteiger partial charge in [0.25, 0.3) is 0 Å². The van der Waals surface area contributed by atoms with Gasteiger partial charge in [0, 0.05) is 18.9 Å². The standard InChI is InChI=1S/C12H15N3O/c1-16-11-5-3-10(4-6-11)12(9-13)15-8-2-7-14-15/h2-8,12H,9,13H2,1H3. The lowest BCUT2D eigenvalue weighted by Gasteiger charge is -2.16. The zero-order chi connectivity index (χ0) is 11.4. The third-order valence-corrected chi connectivity index (χ3v) is 2.57. The van der Waals surface area contributed by atoms with Gasteiger partial charge in [0.15, 0.2) is 0 Å². The molecule has 0 saturated carbocycles. The maximum absolute atomic E-state index is 5.77. The molecule has 2 rings (SSSR count). The summed E-state index contributed by atoms with van der Waals surface area (Å²) in [5.41, 5.74) is 6.91. The largest absolute Gasteiger partial charge is 0.497 e. The molecular formula is C12H15N3O. The molecule has 4 heteroatoms. The van der Waals surface area contributed by atoms with Crippen LogP contribution in [0.3, 0.4) is 0 Å². The number of nitrogens with two attached hydrogens (primary N) is 1. The molecule has 1 unspecified atom stereocenters. The van der Waals surface area contributed by atoms with Gasteiger partial charge in [0.05, 0.1) is 13.2 Å². The van der Waals surface area contributed by atoms with E-state index in [1.54, 1.807) is 13.3 Å². The number of methoxy groups -OCH3 is 1. The van der Waals surface area contributed by atoms with Gasteiger partial charge < -0.3 is 10.5 Å². The lowest BCUT2D eigenvalue weighted by Crippen LogP contribution is -2.20. The van der Waals surface area contributed by atoms with E-state index in [1.807, 2.05) is 41.2 Å². The van der Waals surface area contributed by atoms with Gasteiger partial charge >= 0.3 is 0 Å². The van der Waals surface area contributed by atoms with E-state index in [1.165, 1.54) is 0 Å². The quantitative estimate of drug-likeness (QED) is 0.843. The first kappa shape index (κ1) is 10.7. The van der Waals surface area contributed by atoms with Crippen molar-refractivity contribution in [2.75, 3.05) is 13.7 Å². The van der Waals surface area contributed by atoms with Gasteiger partial charge in [0.2, 0.25) is 0 Å². The fourth-order valence-electron chi connectivity index (χ4n) is 1.69. The molecule has 1 atom stereocenters.